The van der Waals surface area contributed by atoms with E-state index in [1.165, 1.54) is 6.42 Å². The van der Waals surface area contributed by atoms with E-state index in [1.54, 1.807) is 29.3 Å². The number of rotatable bonds is 10. The van der Waals surface area contributed by atoms with Crippen LogP contribution in [0, 0.1) is 20.8 Å². The number of aryl methyl sites for hydroxylation is 3. The van der Waals surface area contributed by atoms with E-state index in [9.17, 15) is 14.4 Å². The second-order valence-electron chi connectivity index (χ2n) is 10.8. The van der Waals surface area contributed by atoms with Gasteiger partial charge in [0.1, 0.15) is 11.9 Å². The second-order valence-corrected chi connectivity index (χ2v) is 10.8. The molecule has 0 saturated heterocycles. The maximum Gasteiger partial charge on any atom is 0.248 e. The number of carbonyl (C=O) groups excluding carboxylic acids is 3. The van der Waals surface area contributed by atoms with Gasteiger partial charge in [-0.1, -0.05) is 61.2 Å². The minimum absolute atomic E-state index is 0.112. The first kappa shape index (κ1) is 29.0. The Hall–Kier alpha value is -4.00. The second kappa shape index (κ2) is 13.9. The van der Waals surface area contributed by atoms with E-state index in [1.807, 2.05) is 63.2 Å². The molecular formula is C33H40N4O3. The van der Waals surface area contributed by atoms with Crippen molar-refractivity contribution in [3.8, 4) is 0 Å². The molecule has 2 aromatic carbocycles. The molecule has 1 heterocycles. The zero-order valence-corrected chi connectivity index (χ0v) is 23.8. The first-order chi connectivity index (χ1) is 19.3. The third-order valence-corrected chi connectivity index (χ3v) is 7.62. The van der Waals surface area contributed by atoms with Crippen molar-refractivity contribution >= 4 is 29.2 Å². The Kier molecular flexibility index (Phi) is 10.1. The van der Waals surface area contributed by atoms with Crippen LogP contribution in [-0.4, -0.2) is 28.7 Å². The van der Waals surface area contributed by atoms with E-state index in [0.717, 1.165) is 47.9 Å². The normalized spacial score (nSPS) is 14.3. The smallest absolute Gasteiger partial charge is 0.248 e. The molecule has 4 rings (SSSR count). The van der Waals surface area contributed by atoms with Crippen molar-refractivity contribution in [1.82, 2.24) is 10.3 Å². The van der Waals surface area contributed by atoms with Crippen molar-refractivity contribution in [2.24, 2.45) is 0 Å². The number of nitrogens with one attached hydrogen (secondary N) is 2. The standard InChI is InChI=1S/C33H40N4O3/c1-23-15-18-26(19-16-23)32(33(40)35-27-10-5-4-6-11-27)37(28-20-17-24(2)25(3)22-28)31(39)14-9-13-30(38)36-29-12-7-8-21-34-29/h7-8,12,15-22,27,32H,4-6,9-11,13-14H2,1-3H3,(H,35,40)(H,34,36,38)/t32-/m0/s1. The molecule has 0 bridgehead atoms. The minimum Gasteiger partial charge on any atom is -0.351 e. The van der Waals surface area contributed by atoms with E-state index < -0.39 is 6.04 Å². The van der Waals surface area contributed by atoms with E-state index in [4.69, 9.17) is 0 Å². The molecule has 1 aliphatic carbocycles. The average Bonchev–Trinajstić information content (AvgIpc) is 2.95. The summed E-state index contributed by atoms with van der Waals surface area (Å²) in [5, 5.41) is 6.03. The van der Waals surface area contributed by atoms with E-state index in [-0.39, 0.29) is 36.6 Å². The summed E-state index contributed by atoms with van der Waals surface area (Å²) in [4.78, 5) is 46.2. The van der Waals surface area contributed by atoms with Crippen molar-refractivity contribution in [3.05, 3.63) is 89.1 Å². The van der Waals surface area contributed by atoms with E-state index >= 15 is 0 Å². The largest absolute Gasteiger partial charge is 0.351 e. The number of anilines is 2. The Bertz CT molecular complexity index is 1300. The number of pyridine rings is 1. The van der Waals surface area contributed by atoms with Gasteiger partial charge >= 0.3 is 0 Å². The fourth-order valence-corrected chi connectivity index (χ4v) is 5.17. The maximum absolute atomic E-state index is 14.0. The fourth-order valence-electron chi connectivity index (χ4n) is 5.17. The Morgan fingerprint density at radius 3 is 2.33 bits per heavy atom. The topological polar surface area (TPSA) is 91.4 Å². The Morgan fingerprint density at radius 1 is 0.900 bits per heavy atom. The molecule has 0 aliphatic heterocycles. The molecule has 2 N–H and O–H groups in total. The Balaban J connectivity index is 1.59. The summed E-state index contributed by atoms with van der Waals surface area (Å²) in [5.41, 5.74) is 4.67. The SMILES string of the molecule is Cc1ccc([C@@H](C(=O)NC2CCCCC2)N(C(=O)CCCC(=O)Nc2ccccn2)c2ccc(C)c(C)c2)cc1. The Labute approximate surface area is 237 Å². The van der Waals surface area contributed by atoms with Crippen LogP contribution in [0.2, 0.25) is 0 Å². The highest BCUT2D eigenvalue weighted by Crippen LogP contribution is 2.31. The molecule has 7 nitrogen and oxygen atoms in total. The summed E-state index contributed by atoms with van der Waals surface area (Å²) in [5.74, 6) is -0.0859. The number of carbonyl (C=O) groups is 3. The molecule has 3 aromatic rings. The zero-order valence-electron chi connectivity index (χ0n) is 23.8. The maximum atomic E-state index is 14.0. The molecule has 0 radical (unpaired) electrons. The van der Waals surface area contributed by atoms with Crippen LogP contribution in [0.1, 0.15) is 79.7 Å². The average molecular weight is 541 g/mol. The first-order valence-corrected chi connectivity index (χ1v) is 14.3. The summed E-state index contributed by atoms with van der Waals surface area (Å²) in [6.45, 7) is 6.04. The van der Waals surface area contributed by atoms with Gasteiger partial charge in [0.15, 0.2) is 0 Å². The Morgan fingerprint density at radius 2 is 1.65 bits per heavy atom. The van der Waals surface area contributed by atoms with Crippen molar-refractivity contribution in [2.45, 2.75) is 84.2 Å². The quantitative estimate of drug-likeness (QED) is 0.314. The zero-order chi connectivity index (χ0) is 28.5. The van der Waals surface area contributed by atoms with Crippen LogP contribution in [0.4, 0.5) is 11.5 Å². The third kappa shape index (κ3) is 7.78. The van der Waals surface area contributed by atoms with Crippen LogP contribution in [0.15, 0.2) is 66.9 Å². The summed E-state index contributed by atoms with van der Waals surface area (Å²) in [6, 6.07) is 18.3. The highest BCUT2D eigenvalue weighted by molar-refractivity contribution is 6.01. The molecule has 1 atom stereocenters. The van der Waals surface area contributed by atoms with Crippen LogP contribution in [-0.2, 0) is 14.4 Å². The molecular weight excluding hydrogens is 500 g/mol. The summed E-state index contributed by atoms with van der Waals surface area (Å²) in [6.07, 6.45) is 7.56. The van der Waals surface area contributed by atoms with E-state index in [2.05, 4.69) is 15.6 Å². The van der Waals surface area contributed by atoms with Crippen molar-refractivity contribution in [1.29, 1.82) is 0 Å². The fraction of sp³-hybridized carbons (Fsp3) is 0.394. The third-order valence-electron chi connectivity index (χ3n) is 7.62. The number of nitrogens with zero attached hydrogens (tertiary/aromatic N) is 2. The van der Waals surface area contributed by atoms with Crippen LogP contribution >= 0.6 is 0 Å². The molecule has 7 heteroatoms. The monoisotopic (exact) mass is 540 g/mol. The van der Waals surface area contributed by atoms with Gasteiger partial charge in [-0.15, -0.1) is 0 Å². The van der Waals surface area contributed by atoms with Crippen LogP contribution in [0.5, 0.6) is 0 Å². The van der Waals surface area contributed by atoms with Gasteiger partial charge in [0.25, 0.3) is 0 Å². The molecule has 40 heavy (non-hydrogen) atoms. The molecule has 1 aliphatic rings. The number of hydrogen-bond donors (Lipinski definition) is 2. The van der Waals surface area contributed by atoms with Gasteiger partial charge < -0.3 is 10.6 Å². The minimum atomic E-state index is -0.820. The van der Waals surface area contributed by atoms with Gasteiger partial charge in [-0.25, -0.2) is 4.98 Å². The molecule has 0 unspecified atom stereocenters. The lowest BCUT2D eigenvalue weighted by molar-refractivity contribution is -0.127. The highest BCUT2D eigenvalue weighted by Gasteiger charge is 2.34. The molecule has 0 spiro atoms. The summed E-state index contributed by atoms with van der Waals surface area (Å²) in [7, 11) is 0. The molecule has 3 amide bonds. The van der Waals surface area contributed by atoms with Gasteiger partial charge in [0.05, 0.1) is 0 Å². The number of amides is 3. The van der Waals surface area contributed by atoms with Crippen LogP contribution < -0.4 is 15.5 Å². The van der Waals surface area contributed by atoms with Crippen molar-refractivity contribution in [2.75, 3.05) is 10.2 Å². The van der Waals surface area contributed by atoms with Gasteiger partial charge in [0, 0.05) is 30.8 Å². The van der Waals surface area contributed by atoms with Crippen molar-refractivity contribution < 1.29 is 14.4 Å². The predicted octanol–water partition coefficient (Wildman–Crippen LogP) is 6.34. The lowest BCUT2D eigenvalue weighted by Gasteiger charge is -2.34. The molecule has 1 fully saturated rings. The summed E-state index contributed by atoms with van der Waals surface area (Å²) >= 11 is 0. The van der Waals surface area contributed by atoms with Crippen LogP contribution in [0.25, 0.3) is 0 Å². The molecule has 1 saturated carbocycles. The predicted molar refractivity (Wildman–Crippen MR) is 159 cm³/mol. The van der Waals surface area contributed by atoms with E-state index in [0.29, 0.717) is 17.9 Å². The van der Waals surface area contributed by atoms with Gasteiger partial charge in [-0.3, -0.25) is 19.3 Å². The highest BCUT2D eigenvalue weighted by atomic mass is 16.2. The number of benzene rings is 2. The summed E-state index contributed by atoms with van der Waals surface area (Å²) < 4.78 is 0. The van der Waals surface area contributed by atoms with Crippen LogP contribution in [0.3, 0.4) is 0 Å². The van der Waals surface area contributed by atoms with Gasteiger partial charge in [-0.05, 0) is 81.0 Å². The van der Waals surface area contributed by atoms with Gasteiger partial charge in [-0.2, -0.15) is 0 Å². The number of hydrogen-bond acceptors (Lipinski definition) is 4. The lowest BCUT2D eigenvalue weighted by Crippen LogP contribution is -2.47. The van der Waals surface area contributed by atoms with Gasteiger partial charge in [0.2, 0.25) is 17.7 Å². The molecule has 210 valence electrons. The molecule has 1 aromatic heterocycles. The number of aromatic nitrogens is 1. The first-order valence-electron chi connectivity index (χ1n) is 14.3. The van der Waals surface area contributed by atoms with Crippen molar-refractivity contribution in [3.63, 3.8) is 0 Å². The lowest BCUT2D eigenvalue weighted by atomic mass is 9.94.